The summed E-state index contributed by atoms with van der Waals surface area (Å²) in [7, 11) is 2.19. The summed E-state index contributed by atoms with van der Waals surface area (Å²) in [6.45, 7) is 3.27. The minimum atomic E-state index is 0.682. The standard InChI is InChI=1S/C13H18ClN/c1-10(11-7-8-11)15(2)9-12-5-3-4-6-13(12)14/h3-6,10-11H,7-9H2,1-2H3. The highest BCUT2D eigenvalue weighted by molar-refractivity contribution is 6.31. The van der Waals surface area contributed by atoms with Crippen LogP contribution >= 0.6 is 11.6 Å². The van der Waals surface area contributed by atoms with E-state index in [1.54, 1.807) is 0 Å². The maximum absolute atomic E-state index is 6.14. The third-order valence-electron chi connectivity index (χ3n) is 3.38. The van der Waals surface area contributed by atoms with Crippen molar-refractivity contribution < 1.29 is 0 Å². The van der Waals surface area contributed by atoms with Crippen molar-refractivity contribution in [3.05, 3.63) is 34.9 Å². The number of nitrogens with zero attached hydrogens (tertiary/aromatic N) is 1. The first kappa shape index (κ1) is 11.0. The molecular formula is C13H18ClN. The van der Waals surface area contributed by atoms with Crippen molar-refractivity contribution in [1.82, 2.24) is 4.90 Å². The Bertz CT molecular complexity index is 333. The van der Waals surface area contributed by atoms with Gasteiger partial charge in [-0.05, 0) is 44.4 Å². The van der Waals surface area contributed by atoms with Gasteiger partial charge in [0.25, 0.3) is 0 Å². The van der Waals surface area contributed by atoms with Crippen molar-refractivity contribution >= 4 is 11.6 Å². The van der Waals surface area contributed by atoms with Crippen molar-refractivity contribution in [3.63, 3.8) is 0 Å². The number of rotatable bonds is 4. The molecule has 1 aromatic rings. The average molecular weight is 224 g/mol. The second-order valence-electron chi connectivity index (χ2n) is 4.58. The quantitative estimate of drug-likeness (QED) is 0.755. The Hall–Kier alpha value is -0.530. The molecule has 1 unspecified atom stereocenters. The van der Waals surface area contributed by atoms with Crippen LogP contribution < -0.4 is 0 Å². The third kappa shape index (κ3) is 2.73. The van der Waals surface area contributed by atoms with E-state index in [1.165, 1.54) is 18.4 Å². The fourth-order valence-electron chi connectivity index (χ4n) is 1.98. The first-order chi connectivity index (χ1) is 7.18. The Morgan fingerprint density at radius 3 is 2.67 bits per heavy atom. The largest absolute Gasteiger partial charge is 0.299 e. The Balaban J connectivity index is 1.98. The van der Waals surface area contributed by atoms with Crippen LogP contribution in [0.2, 0.25) is 5.02 Å². The predicted octanol–water partition coefficient (Wildman–Crippen LogP) is 3.57. The number of benzene rings is 1. The van der Waals surface area contributed by atoms with Crippen LogP contribution in [0.4, 0.5) is 0 Å². The second-order valence-corrected chi connectivity index (χ2v) is 4.99. The van der Waals surface area contributed by atoms with Crippen LogP contribution in [0, 0.1) is 5.92 Å². The molecule has 2 rings (SSSR count). The van der Waals surface area contributed by atoms with Gasteiger partial charge in [-0.15, -0.1) is 0 Å². The molecule has 2 heteroatoms. The Morgan fingerprint density at radius 1 is 1.40 bits per heavy atom. The Labute approximate surface area is 97.0 Å². The molecule has 0 radical (unpaired) electrons. The third-order valence-corrected chi connectivity index (χ3v) is 3.75. The summed E-state index contributed by atoms with van der Waals surface area (Å²) in [6.07, 6.45) is 2.79. The van der Waals surface area contributed by atoms with Gasteiger partial charge in [-0.3, -0.25) is 4.90 Å². The minimum Gasteiger partial charge on any atom is -0.299 e. The Morgan fingerprint density at radius 2 is 2.07 bits per heavy atom. The molecule has 1 aliphatic rings. The molecule has 1 saturated carbocycles. The molecule has 1 nitrogen and oxygen atoms in total. The maximum Gasteiger partial charge on any atom is 0.0451 e. The molecule has 0 heterocycles. The fourth-order valence-corrected chi connectivity index (χ4v) is 2.17. The lowest BCUT2D eigenvalue weighted by Crippen LogP contribution is -2.30. The van der Waals surface area contributed by atoms with Crippen LogP contribution in [-0.2, 0) is 6.54 Å². The van der Waals surface area contributed by atoms with Crippen LogP contribution in [0.5, 0.6) is 0 Å². The molecule has 1 aliphatic carbocycles. The van der Waals surface area contributed by atoms with Crippen molar-refractivity contribution in [1.29, 1.82) is 0 Å². The molecule has 0 saturated heterocycles. The van der Waals surface area contributed by atoms with E-state index in [2.05, 4.69) is 31.0 Å². The van der Waals surface area contributed by atoms with Gasteiger partial charge in [-0.2, -0.15) is 0 Å². The zero-order chi connectivity index (χ0) is 10.8. The van der Waals surface area contributed by atoms with Gasteiger partial charge in [-0.25, -0.2) is 0 Å². The molecule has 0 bridgehead atoms. The fraction of sp³-hybridized carbons (Fsp3) is 0.538. The van der Waals surface area contributed by atoms with Crippen molar-refractivity contribution in [2.24, 2.45) is 5.92 Å². The van der Waals surface area contributed by atoms with E-state index in [-0.39, 0.29) is 0 Å². The second kappa shape index (κ2) is 4.54. The van der Waals surface area contributed by atoms with Gasteiger partial charge in [0.15, 0.2) is 0 Å². The molecule has 1 atom stereocenters. The van der Waals surface area contributed by atoms with Gasteiger partial charge < -0.3 is 0 Å². The van der Waals surface area contributed by atoms with Crippen molar-refractivity contribution in [3.8, 4) is 0 Å². The molecule has 0 amide bonds. The zero-order valence-corrected chi connectivity index (χ0v) is 10.2. The first-order valence-electron chi connectivity index (χ1n) is 5.62. The molecule has 0 aliphatic heterocycles. The normalized spacial score (nSPS) is 18.1. The van der Waals surface area contributed by atoms with Crippen LogP contribution in [0.1, 0.15) is 25.3 Å². The molecule has 15 heavy (non-hydrogen) atoms. The molecule has 1 aromatic carbocycles. The number of halogens is 1. The highest BCUT2D eigenvalue weighted by Crippen LogP contribution is 2.35. The lowest BCUT2D eigenvalue weighted by Gasteiger charge is -2.24. The van der Waals surface area contributed by atoms with Gasteiger partial charge >= 0.3 is 0 Å². The summed E-state index contributed by atoms with van der Waals surface area (Å²) >= 11 is 6.14. The molecule has 0 aromatic heterocycles. The number of hydrogen-bond donors (Lipinski definition) is 0. The molecular weight excluding hydrogens is 206 g/mol. The van der Waals surface area contributed by atoms with E-state index >= 15 is 0 Å². The van der Waals surface area contributed by atoms with E-state index in [0.717, 1.165) is 17.5 Å². The molecule has 1 fully saturated rings. The van der Waals surface area contributed by atoms with E-state index in [4.69, 9.17) is 11.6 Å². The van der Waals surface area contributed by atoms with Gasteiger partial charge in [0, 0.05) is 17.6 Å². The van der Waals surface area contributed by atoms with Gasteiger partial charge in [0.1, 0.15) is 0 Å². The first-order valence-corrected chi connectivity index (χ1v) is 6.00. The number of hydrogen-bond acceptors (Lipinski definition) is 1. The lowest BCUT2D eigenvalue weighted by molar-refractivity contribution is 0.226. The van der Waals surface area contributed by atoms with E-state index in [0.29, 0.717) is 6.04 Å². The van der Waals surface area contributed by atoms with E-state index < -0.39 is 0 Å². The SMILES string of the molecule is CC(C1CC1)N(C)Cc1ccccc1Cl. The summed E-state index contributed by atoms with van der Waals surface area (Å²) in [6, 6.07) is 8.79. The van der Waals surface area contributed by atoms with Crippen LogP contribution in [0.3, 0.4) is 0 Å². The Kier molecular flexibility index (Phi) is 3.32. The van der Waals surface area contributed by atoms with E-state index in [9.17, 15) is 0 Å². The molecule has 0 spiro atoms. The monoisotopic (exact) mass is 223 g/mol. The van der Waals surface area contributed by atoms with Crippen LogP contribution in [0.25, 0.3) is 0 Å². The summed E-state index contributed by atoms with van der Waals surface area (Å²) in [5.74, 6) is 0.914. The maximum atomic E-state index is 6.14. The summed E-state index contributed by atoms with van der Waals surface area (Å²) in [5, 5.41) is 0.882. The highest BCUT2D eigenvalue weighted by Gasteiger charge is 2.30. The van der Waals surface area contributed by atoms with E-state index in [1.807, 2.05) is 12.1 Å². The smallest absolute Gasteiger partial charge is 0.0451 e. The topological polar surface area (TPSA) is 3.24 Å². The zero-order valence-electron chi connectivity index (χ0n) is 9.41. The van der Waals surface area contributed by atoms with Gasteiger partial charge in [0.2, 0.25) is 0 Å². The molecule has 0 N–H and O–H groups in total. The van der Waals surface area contributed by atoms with Gasteiger partial charge in [-0.1, -0.05) is 29.8 Å². The average Bonchev–Trinajstić information content (AvgIpc) is 3.04. The lowest BCUT2D eigenvalue weighted by atomic mass is 10.1. The van der Waals surface area contributed by atoms with Gasteiger partial charge in [0.05, 0.1) is 0 Å². The van der Waals surface area contributed by atoms with Crippen molar-refractivity contribution in [2.75, 3.05) is 7.05 Å². The highest BCUT2D eigenvalue weighted by atomic mass is 35.5. The predicted molar refractivity (Wildman–Crippen MR) is 65.1 cm³/mol. The van der Waals surface area contributed by atoms with Crippen LogP contribution in [-0.4, -0.2) is 18.0 Å². The molecule has 82 valence electrons. The van der Waals surface area contributed by atoms with Crippen molar-refractivity contribution in [2.45, 2.75) is 32.4 Å². The summed E-state index contributed by atoms with van der Waals surface area (Å²) in [4.78, 5) is 2.40. The summed E-state index contributed by atoms with van der Waals surface area (Å²) in [5.41, 5.74) is 1.23. The minimum absolute atomic E-state index is 0.682. The van der Waals surface area contributed by atoms with Crippen LogP contribution in [0.15, 0.2) is 24.3 Å². The summed E-state index contributed by atoms with van der Waals surface area (Å²) < 4.78 is 0.